The van der Waals surface area contributed by atoms with Gasteiger partial charge in [0.25, 0.3) is 5.91 Å². The number of aromatic nitrogens is 2. The topological polar surface area (TPSA) is 58.1 Å². The number of rotatable bonds is 4. The van der Waals surface area contributed by atoms with E-state index in [-0.39, 0.29) is 17.4 Å². The highest BCUT2D eigenvalue weighted by molar-refractivity contribution is 5.94. The van der Waals surface area contributed by atoms with Crippen LogP contribution >= 0.6 is 0 Å². The third kappa shape index (κ3) is 4.42. The van der Waals surface area contributed by atoms with Crippen molar-refractivity contribution in [1.82, 2.24) is 14.9 Å². The number of anilines is 2. The summed E-state index contributed by atoms with van der Waals surface area (Å²) >= 11 is 0. The number of amides is 1. The van der Waals surface area contributed by atoms with Crippen LogP contribution in [0.3, 0.4) is 0 Å². The lowest BCUT2D eigenvalue weighted by Gasteiger charge is -2.32. The Kier molecular flexibility index (Phi) is 5.51. The van der Waals surface area contributed by atoms with Crippen LogP contribution in [0.15, 0.2) is 60.8 Å². The maximum atomic E-state index is 14.0. The quantitative estimate of drug-likeness (QED) is 0.702. The number of aryl methyl sites for hydroxylation is 1. The molecule has 29 heavy (non-hydrogen) atoms. The van der Waals surface area contributed by atoms with Gasteiger partial charge in [-0.3, -0.25) is 4.79 Å². The summed E-state index contributed by atoms with van der Waals surface area (Å²) in [5.74, 6) is -0.113. The summed E-state index contributed by atoms with van der Waals surface area (Å²) in [7, 11) is 0. The fraction of sp³-hybridized carbons (Fsp3) is 0.261. The predicted molar refractivity (Wildman–Crippen MR) is 111 cm³/mol. The van der Waals surface area contributed by atoms with E-state index in [9.17, 15) is 9.18 Å². The molecular weight excluding hydrogens is 367 g/mol. The zero-order valence-corrected chi connectivity index (χ0v) is 16.3. The second kappa shape index (κ2) is 8.39. The number of hydrogen-bond acceptors (Lipinski definition) is 4. The molecule has 1 N–H and O–H groups in total. The zero-order valence-electron chi connectivity index (χ0n) is 16.3. The fourth-order valence-corrected chi connectivity index (χ4v) is 3.72. The zero-order chi connectivity index (χ0) is 20.2. The molecule has 5 nitrogen and oxygen atoms in total. The average Bonchev–Trinajstić information content (AvgIpc) is 2.74. The molecule has 148 valence electrons. The van der Waals surface area contributed by atoms with Gasteiger partial charge in [0.15, 0.2) is 0 Å². The SMILES string of the molecule is Cc1cccc(Nc2nccc(C3CCCN(C(=O)c4ccccc4F)C3)n2)c1. The van der Waals surface area contributed by atoms with Crippen molar-refractivity contribution in [2.24, 2.45) is 0 Å². The monoisotopic (exact) mass is 390 g/mol. The molecule has 0 aliphatic carbocycles. The van der Waals surface area contributed by atoms with Crippen molar-refractivity contribution in [3.8, 4) is 0 Å². The second-order valence-electron chi connectivity index (χ2n) is 7.37. The first-order valence-corrected chi connectivity index (χ1v) is 9.80. The van der Waals surface area contributed by atoms with Crippen molar-refractivity contribution in [2.75, 3.05) is 18.4 Å². The molecule has 1 aliphatic heterocycles. The van der Waals surface area contributed by atoms with Crippen molar-refractivity contribution in [3.63, 3.8) is 0 Å². The van der Waals surface area contributed by atoms with Crippen LogP contribution in [-0.4, -0.2) is 33.9 Å². The van der Waals surface area contributed by atoms with Crippen LogP contribution in [0.1, 0.15) is 40.4 Å². The molecule has 1 unspecified atom stereocenters. The number of hydrogen-bond donors (Lipinski definition) is 1. The van der Waals surface area contributed by atoms with E-state index in [1.807, 2.05) is 37.3 Å². The predicted octanol–water partition coefficient (Wildman–Crippen LogP) is 4.69. The lowest BCUT2D eigenvalue weighted by Crippen LogP contribution is -2.39. The van der Waals surface area contributed by atoms with Crippen molar-refractivity contribution >= 4 is 17.5 Å². The molecule has 0 bridgehead atoms. The van der Waals surface area contributed by atoms with Gasteiger partial charge in [-0.2, -0.15) is 0 Å². The van der Waals surface area contributed by atoms with E-state index in [1.165, 1.54) is 12.1 Å². The van der Waals surface area contributed by atoms with Gasteiger partial charge in [-0.05, 0) is 55.7 Å². The van der Waals surface area contributed by atoms with Crippen LogP contribution in [0.25, 0.3) is 0 Å². The van der Waals surface area contributed by atoms with Crippen LogP contribution in [0.2, 0.25) is 0 Å². The van der Waals surface area contributed by atoms with Crippen LogP contribution < -0.4 is 5.32 Å². The van der Waals surface area contributed by atoms with Gasteiger partial charge in [0.05, 0.1) is 11.3 Å². The third-order valence-corrected chi connectivity index (χ3v) is 5.18. The van der Waals surface area contributed by atoms with Crippen LogP contribution in [0, 0.1) is 12.7 Å². The van der Waals surface area contributed by atoms with Crippen molar-refractivity contribution in [3.05, 3.63) is 83.4 Å². The lowest BCUT2D eigenvalue weighted by atomic mass is 9.94. The number of piperidine rings is 1. The molecule has 0 saturated carbocycles. The normalized spacial score (nSPS) is 16.5. The second-order valence-corrected chi connectivity index (χ2v) is 7.37. The number of halogens is 1. The van der Waals surface area contributed by atoms with Crippen molar-refractivity contribution in [2.45, 2.75) is 25.7 Å². The smallest absolute Gasteiger partial charge is 0.256 e. The Labute approximate surface area is 169 Å². The van der Waals surface area contributed by atoms with Crippen LogP contribution in [-0.2, 0) is 0 Å². The molecule has 0 radical (unpaired) electrons. The Hall–Kier alpha value is -3.28. The Morgan fingerprint density at radius 3 is 2.86 bits per heavy atom. The summed E-state index contributed by atoms with van der Waals surface area (Å²) in [4.78, 5) is 23.5. The number of nitrogens with zero attached hydrogens (tertiary/aromatic N) is 3. The fourth-order valence-electron chi connectivity index (χ4n) is 3.72. The maximum absolute atomic E-state index is 14.0. The van der Waals surface area contributed by atoms with Gasteiger partial charge in [-0.1, -0.05) is 24.3 Å². The number of carbonyl (C=O) groups excluding carboxylic acids is 1. The number of carbonyl (C=O) groups is 1. The highest BCUT2D eigenvalue weighted by atomic mass is 19.1. The summed E-state index contributed by atoms with van der Waals surface area (Å²) in [6.07, 6.45) is 3.52. The van der Waals surface area contributed by atoms with Gasteiger partial charge in [-0.25, -0.2) is 14.4 Å². The summed E-state index contributed by atoms with van der Waals surface area (Å²) < 4.78 is 14.0. The molecule has 0 spiro atoms. The lowest BCUT2D eigenvalue weighted by molar-refractivity contribution is 0.0701. The Morgan fingerprint density at radius 2 is 2.03 bits per heavy atom. The van der Waals surface area contributed by atoms with E-state index in [1.54, 1.807) is 23.2 Å². The molecule has 1 amide bonds. The standard InChI is InChI=1S/C23H23FN4O/c1-16-6-4-8-18(14-16)26-23-25-12-11-21(27-23)17-7-5-13-28(15-17)22(29)19-9-2-3-10-20(19)24/h2-4,6,8-12,14,17H,5,7,13,15H2,1H3,(H,25,26,27). The van der Waals surface area contributed by atoms with Crippen LogP contribution in [0.4, 0.5) is 16.0 Å². The maximum Gasteiger partial charge on any atom is 0.256 e. The minimum Gasteiger partial charge on any atom is -0.338 e. The number of nitrogens with one attached hydrogen (secondary N) is 1. The highest BCUT2D eigenvalue weighted by Crippen LogP contribution is 2.27. The Bertz CT molecular complexity index is 1020. The molecule has 1 saturated heterocycles. The summed E-state index contributed by atoms with van der Waals surface area (Å²) in [6.45, 7) is 3.18. The molecule has 2 aromatic carbocycles. The van der Waals surface area contributed by atoms with E-state index >= 15 is 0 Å². The molecular formula is C23H23FN4O. The third-order valence-electron chi connectivity index (χ3n) is 5.18. The van der Waals surface area contributed by atoms with Gasteiger partial charge < -0.3 is 10.2 Å². The van der Waals surface area contributed by atoms with Gasteiger partial charge in [0, 0.05) is 30.9 Å². The molecule has 1 aliphatic rings. The Balaban J connectivity index is 1.50. The highest BCUT2D eigenvalue weighted by Gasteiger charge is 2.27. The van der Waals surface area contributed by atoms with Crippen molar-refractivity contribution < 1.29 is 9.18 Å². The minimum absolute atomic E-state index is 0.0977. The first-order chi connectivity index (χ1) is 14.1. The van der Waals surface area contributed by atoms with Crippen molar-refractivity contribution in [1.29, 1.82) is 0 Å². The van der Waals surface area contributed by atoms with E-state index in [2.05, 4.69) is 15.3 Å². The Morgan fingerprint density at radius 1 is 1.17 bits per heavy atom. The van der Waals surface area contributed by atoms with E-state index < -0.39 is 5.82 Å². The molecule has 1 atom stereocenters. The van der Waals surface area contributed by atoms with Crippen LogP contribution in [0.5, 0.6) is 0 Å². The minimum atomic E-state index is -0.480. The average molecular weight is 390 g/mol. The van der Waals surface area contributed by atoms with E-state index in [0.717, 1.165) is 29.8 Å². The van der Waals surface area contributed by atoms with E-state index in [0.29, 0.717) is 19.0 Å². The molecule has 3 aromatic rings. The van der Waals surface area contributed by atoms with Gasteiger partial charge in [-0.15, -0.1) is 0 Å². The molecule has 6 heteroatoms. The van der Waals surface area contributed by atoms with Gasteiger partial charge in [0.1, 0.15) is 5.82 Å². The van der Waals surface area contributed by atoms with Gasteiger partial charge in [0.2, 0.25) is 5.95 Å². The number of likely N-dealkylation sites (tertiary alicyclic amines) is 1. The number of benzene rings is 2. The summed E-state index contributed by atoms with van der Waals surface area (Å²) in [6, 6.07) is 16.0. The molecule has 1 aromatic heterocycles. The largest absolute Gasteiger partial charge is 0.338 e. The van der Waals surface area contributed by atoms with E-state index in [4.69, 9.17) is 0 Å². The first kappa shape index (κ1) is 19.1. The molecule has 1 fully saturated rings. The summed E-state index contributed by atoms with van der Waals surface area (Å²) in [5.41, 5.74) is 3.10. The molecule has 2 heterocycles. The first-order valence-electron chi connectivity index (χ1n) is 9.80. The molecule has 4 rings (SSSR count). The van der Waals surface area contributed by atoms with Gasteiger partial charge >= 0.3 is 0 Å². The summed E-state index contributed by atoms with van der Waals surface area (Å²) in [5, 5.41) is 3.24.